The Morgan fingerprint density at radius 2 is 2.31 bits per heavy atom. The van der Waals surface area contributed by atoms with Gasteiger partial charge in [0.2, 0.25) is 5.82 Å². The normalized spacial score (nSPS) is 10.1. The standard InChI is InChI=1S/C8H6F2N4O2/c9-7(10)5-3-13-8(12)6(14(15)16)4(5)1-2-11/h3,7H,1H2,(H2,12,13). The minimum atomic E-state index is -2.94. The van der Waals surface area contributed by atoms with E-state index in [1.807, 2.05) is 0 Å². The first kappa shape index (κ1) is 11.8. The Morgan fingerprint density at radius 1 is 1.69 bits per heavy atom. The number of anilines is 1. The number of alkyl halides is 2. The summed E-state index contributed by atoms with van der Waals surface area (Å²) >= 11 is 0. The molecule has 0 aliphatic rings. The molecule has 1 rings (SSSR count). The maximum absolute atomic E-state index is 12.5. The zero-order valence-corrected chi connectivity index (χ0v) is 7.85. The van der Waals surface area contributed by atoms with Crippen LogP contribution in [0.3, 0.4) is 0 Å². The summed E-state index contributed by atoms with van der Waals surface area (Å²) in [5.74, 6) is -0.473. The molecule has 0 aliphatic carbocycles. The third-order valence-electron chi connectivity index (χ3n) is 1.89. The minimum Gasteiger partial charge on any atom is -0.378 e. The molecule has 0 spiro atoms. The number of nitrogen functional groups attached to an aromatic ring is 1. The molecule has 1 heterocycles. The topological polar surface area (TPSA) is 106 Å². The molecule has 1 aromatic rings. The van der Waals surface area contributed by atoms with Gasteiger partial charge in [-0.15, -0.1) is 0 Å². The van der Waals surface area contributed by atoms with Gasteiger partial charge >= 0.3 is 5.69 Å². The predicted octanol–water partition coefficient (Wildman–Crippen LogP) is 1.58. The number of halogens is 2. The van der Waals surface area contributed by atoms with Gasteiger partial charge in [0.1, 0.15) is 0 Å². The molecule has 1 aromatic heterocycles. The lowest BCUT2D eigenvalue weighted by Gasteiger charge is -2.07. The molecule has 16 heavy (non-hydrogen) atoms. The van der Waals surface area contributed by atoms with Crippen LogP contribution in [-0.2, 0) is 6.42 Å². The van der Waals surface area contributed by atoms with Gasteiger partial charge in [0.25, 0.3) is 6.43 Å². The summed E-state index contributed by atoms with van der Waals surface area (Å²) < 4.78 is 25.0. The van der Waals surface area contributed by atoms with Crippen LogP contribution in [-0.4, -0.2) is 9.91 Å². The molecule has 8 heteroatoms. The van der Waals surface area contributed by atoms with Gasteiger partial charge in [0.15, 0.2) is 0 Å². The summed E-state index contributed by atoms with van der Waals surface area (Å²) in [5, 5.41) is 19.1. The van der Waals surface area contributed by atoms with Crippen molar-refractivity contribution in [3.63, 3.8) is 0 Å². The molecule has 0 saturated heterocycles. The molecular weight excluding hydrogens is 222 g/mol. The van der Waals surface area contributed by atoms with Crippen molar-refractivity contribution in [2.24, 2.45) is 0 Å². The molecule has 0 aliphatic heterocycles. The molecule has 84 valence electrons. The first-order valence-electron chi connectivity index (χ1n) is 4.05. The van der Waals surface area contributed by atoms with Crippen LogP contribution in [0, 0.1) is 21.4 Å². The zero-order chi connectivity index (χ0) is 12.3. The quantitative estimate of drug-likeness (QED) is 0.624. The fourth-order valence-electron chi connectivity index (χ4n) is 1.23. The number of aromatic nitrogens is 1. The monoisotopic (exact) mass is 228 g/mol. The molecule has 0 fully saturated rings. The smallest absolute Gasteiger partial charge is 0.315 e. The van der Waals surface area contributed by atoms with Gasteiger partial charge in [-0.05, 0) is 0 Å². The van der Waals surface area contributed by atoms with Crippen molar-refractivity contribution in [1.29, 1.82) is 5.26 Å². The number of nitrogens with two attached hydrogens (primary N) is 1. The van der Waals surface area contributed by atoms with Crippen molar-refractivity contribution in [3.05, 3.63) is 27.4 Å². The van der Waals surface area contributed by atoms with Crippen LogP contribution in [0.15, 0.2) is 6.20 Å². The Kier molecular flexibility index (Phi) is 3.30. The number of nitrogens with zero attached hydrogens (tertiary/aromatic N) is 3. The predicted molar refractivity (Wildman–Crippen MR) is 49.6 cm³/mol. The maximum Gasteiger partial charge on any atom is 0.315 e. The van der Waals surface area contributed by atoms with E-state index in [4.69, 9.17) is 11.0 Å². The van der Waals surface area contributed by atoms with Crippen LogP contribution in [0.4, 0.5) is 20.3 Å². The molecular formula is C8H6F2N4O2. The van der Waals surface area contributed by atoms with E-state index in [-0.39, 0.29) is 5.56 Å². The maximum atomic E-state index is 12.5. The van der Waals surface area contributed by atoms with Crippen molar-refractivity contribution >= 4 is 11.5 Å². The van der Waals surface area contributed by atoms with E-state index < -0.39 is 34.8 Å². The van der Waals surface area contributed by atoms with Gasteiger partial charge in [-0.1, -0.05) is 0 Å². The zero-order valence-electron chi connectivity index (χ0n) is 7.85. The Balaban J connectivity index is 3.51. The van der Waals surface area contributed by atoms with Crippen molar-refractivity contribution in [2.75, 3.05) is 5.73 Å². The fraction of sp³-hybridized carbons (Fsp3) is 0.250. The molecule has 0 aromatic carbocycles. The van der Waals surface area contributed by atoms with Crippen LogP contribution in [0.25, 0.3) is 0 Å². The number of hydrogen-bond donors (Lipinski definition) is 1. The van der Waals surface area contributed by atoms with Crippen LogP contribution in [0.1, 0.15) is 17.6 Å². The third-order valence-corrected chi connectivity index (χ3v) is 1.89. The van der Waals surface area contributed by atoms with E-state index in [1.54, 1.807) is 6.07 Å². The van der Waals surface area contributed by atoms with Gasteiger partial charge < -0.3 is 5.73 Å². The second kappa shape index (κ2) is 4.48. The Labute approximate surface area is 88.5 Å². The number of nitriles is 1. The van der Waals surface area contributed by atoms with Crippen LogP contribution < -0.4 is 5.73 Å². The number of pyridine rings is 1. The second-order valence-electron chi connectivity index (χ2n) is 2.82. The van der Waals surface area contributed by atoms with E-state index in [0.717, 1.165) is 6.20 Å². The lowest BCUT2D eigenvalue weighted by atomic mass is 10.1. The highest BCUT2D eigenvalue weighted by Gasteiger charge is 2.26. The summed E-state index contributed by atoms with van der Waals surface area (Å²) in [7, 11) is 0. The molecule has 0 unspecified atom stereocenters. The van der Waals surface area contributed by atoms with Gasteiger partial charge in [-0.2, -0.15) is 5.26 Å². The van der Waals surface area contributed by atoms with Crippen molar-refractivity contribution in [1.82, 2.24) is 4.98 Å². The van der Waals surface area contributed by atoms with Crippen molar-refractivity contribution in [2.45, 2.75) is 12.8 Å². The molecule has 0 saturated carbocycles. The average Bonchev–Trinajstić information content (AvgIpc) is 2.17. The molecule has 0 radical (unpaired) electrons. The fourth-order valence-corrected chi connectivity index (χ4v) is 1.23. The molecule has 0 amide bonds. The van der Waals surface area contributed by atoms with Crippen LogP contribution in [0.5, 0.6) is 0 Å². The summed E-state index contributed by atoms with van der Waals surface area (Å²) in [6, 6.07) is 1.58. The lowest BCUT2D eigenvalue weighted by Crippen LogP contribution is -2.06. The highest BCUT2D eigenvalue weighted by atomic mass is 19.3. The van der Waals surface area contributed by atoms with Crippen LogP contribution in [0.2, 0.25) is 0 Å². The van der Waals surface area contributed by atoms with Crippen molar-refractivity contribution < 1.29 is 13.7 Å². The highest BCUT2D eigenvalue weighted by Crippen LogP contribution is 2.32. The number of hydrogen-bond acceptors (Lipinski definition) is 5. The molecule has 2 N–H and O–H groups in total. The largest absolute Gasteiger partial charge is 0.378 e. The van der Waals surface area contributed by atoms with E-state index in [2.05, 4.69) is 4.98 Å². The molecule has 0 bridgehead atoms. The van der Waals surface area contributed by atoms with Gasteiger partial charge in [0, 0.05) is 11.8 Å². The van der Waals surface area contributed by atoms with E-state index in [9.17, 15) is 18.9 Å². The van der Waals surface area contributed by atoms with E-state index >= 15 is 0 Å². The van der Waals surface area contributed by atoms with Crippen LogP contribution >= 0.6 is 0 Å². The Morgan fingerprint density at radius 3 is 2.75 bits per heavy atom. The summed E-state index contributed by atoms with van der Waals surface area (Å²) in [6.07, 6.45) is -2.70. The average molecular weight is 228 g/mol. The van der Waals surface area contributed by atoms with Gasteiger partial charge in [-0.3, -0.25) is 10.1 Å². The van der Waals surface area contributed by atoms with E-state index in [0.29, 0.717) is 0 Å². The lowest BCUT2D eigenvalue weighted by molar-refractivity contribution is -0.384. The second-order valence-corrected chi connectivity index (χ2v) is 2.82. The Bertz CT molecular complexity index is 470. The van der Waals surface area contributed by atoms with Gasteiger partial charge in [0.05, 0.1) is 23.0 Å². The minimum absolute atomic E-state index is 0.380. The van der Waals surface area contributed by atoms with Gasteiger partial charge in [-0.25, -0.2) is 13.8 Å². The molecule has 0 atom stereocenters. The molecule has 6 nitrogen and oxygen atoms in total. The number of rotatable bonds is 3. The summed E-state index contributed by atoms with van der Waals surface area (Å²) in [6.45, 7) is 0. The Hall–Kier alpha value is -2.30. The highest BCUT2D eigenvalue weighted by molar-refractivity contribution is 5.60. The first-order valence-corrected chi connectivity index (χ1v) is 4.05. The first-order chi connectivity index (χ1) is 7.49. The van der Waals surface area contributed by atoms with E-state index in [1.165, 1.54) is 0 Å². The third kappa shape index (κ3) is 2.03. The number of nitro groups is 1. The summed E-state index contributed by atoms with van der Waals surface area (Å²) in [4.78, 5) is 13.0. The van der Waals surface area contributed by atoms with Crippen molar-refractivity contribution in [3.8, 4) is 6.07 Å². The summed E-state index contributed by atoms with van der Waals surface area (Å²) in [5.41, 5.74) is 3.48. The SMILES string of the molecule is N#CCc1c(C(F)F)cnc(N)c1[N+](=O)[O-].